The molecule has 0 bridgehead atoms. The Hall–Kier alpha value is -2.37. The number of carbonyl (C=O) groups is 3. The number of rotatable bonds is 4. The van der Waals surface area contributed by atoms with E-state index in [0.717, 1.165) is 37.9 Å². The standard InChI is InChI=1S/C22H31N3O3/c1-22(2,3)21(28)25-13-7-10-18(25)19(26)23-15-16-8-6-9-17(14-16)20(27)24-11-4-5-12-24/h6,8-9,14,18H,4-5,7,10-13,15H2,1-3H3,(H,23,26). The summed E-state index contributed by atoms with van der Waals surface area (Å²) in [6.45, 7) is 8.27. The van der Waals surface area contributed by atoms with E-state index in [2.05, 4.69) is 5.32 Å². The predicted octanol–water partition coefficient (Wildman–Crippen LogP) is 2.58. The summed E-state index contributed by atoms with van der Waals surface area (Å²) in [6, 6.07) is 7.05. The van der Waals surface area contributed by atoms with Gasteiger partial charge in [0.25, 0.3) is 5.91 Å². The van der Waals surface area contributed by atoms with Crippen molar-refractivity contribution in [1.82, 2.24) is 15.1 Å². The van der Waals surface area contributed by atoms with Crippen molar-refractivity contribution in [2.75, 3.05) is 19.6 Å². The number of amides is 3. The Morgan fingerprint density at radius 2 is 1.79 bits per heavy atom. The van der Waals surface area contributed by atoms with Crippen LogP contribution in [-0.2, 0) is 16.1 Å². The number of benzene rings is 1. The maximum absolute atomic E-state index is 12.7. The van der Waals surface area contributed by atoms with Crippen LogP contribution in [0.4, 0.5) is 0 Å². The molecule has 2 aliphatic rings. The Morgan fingerprint density at radius 1 is 1.07 bits per heavy atom. The minimum absolute atomic E-state index is 0.0170. The van der Waals surface area contributed by atoms with Crippen molar-refractivity contribution in [2.45, 2.75) is 59.0 Å². The van der Waals surface area contributed by atoms with E-state index in [1.807, 2.05) is 49.9 Å². The Bertz CT molecular complexity index is 748. The summed E-state index contributed by atoms with van der Waals surface area (Å²) in [5.74, 6) is -0.0434. The third-order valence-corrected chi connectivity index (χ3v) is 5.49. The van der Waals surface area contributed by atoms with Gasteiger partial charge < -0.3 is 15.1 Å². The molecule has 3 amide bonds. The van der Waals surface area contributed by atoms with E-state index in [9.17, 15) is 14.4 Å². The van der Waals surface area contributed by atoms with Gasteiger partial charge >= 0.3 is 0 Å². The van der Waals surface area contributed by atoms with Gasteiger partial charge in [-0.1, -0.05) is 32.9 Å². The first-order chi connectivity index (χ1) is 13.3. The summed E-state index contributed by atoms with van der Waals surface area (Å²) in [4.78, 5) is 41.5. The molecule has 152 valence electrons. The van der Waals surface area contributed by atoms with Gasteiger partial charge in [0.05, 0.1) is 0 Å². The molecule has 3 rings (SSSR count). The van der Waals surface area contributed by atoms with Crippen molar-refractivity contribution in [1.29, 1.82) is 0 Å². The van der Waals surface area contributed by atoms with E-state index in [0.29, 0.717) is 25.1 Å². The van der Waals surface area contributed by atoms with Gasteiger partial charge in [0.2, 0.25) is 11.8 Å². The van der Waals surface area contributed by atoms with Crippen LogP contribution in [-0.4, -0.2) is 53.2 Å². The van der Waals surface area contributed by atoms with Gasteiger partial charge in [-0.25, -0.2) is 0 Å². The van der Waals surface area contributed by atoms with Crippen molar-refractivity contribution >= 4 is 17.7 Å². The third-order valence-electron chi connectivity index (χ3n) is 5.49. The van der Waals surface area contributed by atoms with E-state index in [4.69, 9.17) is 0 Å². The second-order valence-electron chi connectivity index (χ2n) is 8.82. The zero-order valence-corrected chi connectivity index (χ0v) is 17.2. The van der Waals surface area contributed by atoms with E-state index < -0.39 is 11.5 Å². The molecule has 2 aliphatic heterocycles. The molecule has 6 heteroatoms. The van der Waals surface area contributed by atoms with Crippen LogP contribution in [0.3, 0.4) is 0 Å². The number of nitrogens with one attached hydrogen (secondary N) is 1. The molecule has 0 aliphatic carbocycles. The summed E-state index contributed by atoms with van der Waals surface area (Å²) in [5, 5.41) is 2.96. The molecular weight excluding hydrogens is 354 g/mol. The van der Waals surface area contributed by atoms with Crippen molar-refractivity contribution in [2.24, 2.45) is 5.41 Å². The highest BCUT2D eigenvalue weighted by atomic mass is 16.2. The Balaban J connectivity index is 1.60. The molecule has 2 fully saturated rings. The van der Waals surface area contributed by atoms with Gasteiger partial charge in [-0.2, -0.15) is 0 Å². The smallest absolute Gasteiger partial charge is 0.253 e. The minimum atomic E-state index is -0.493. The quantitative estimate of drug-likeness (QED) is 0.866. The normalized spacial score (nSPS) is 19.8. The largest absolute Gasteiger partial charge is 0.350 e. The molecular formula is C22H31N3O3. The molecule has 1 atom stereocenters. The fourth-order valence-electron chi connectivity index (χ4n) is 3.94. The van der Waals surface area contributed by atoms with Crippen molar-refractivity contribution in [3.8, 4) is 0 Å². The molecule has 0 aromatic heterocycles. The first-order valence-corrected chi connectivity index (χ1v) is 10.2. The second-order valence-corrected chi connectivity index (χ2v) is 8.82. The maximum atomic E-state index is 12.7. The number of hydrogen-bond acceptors (Lipinski definition) is 3. The molecule has 0 radical (unpaired) electrons. The first-order valence-electron chi connectivity index (χ1n) is 10.2. The molecule has 6 nitrogen and oxygen atoms in total. The number of likely N-dealkylation sites (tertiary alicyclic amines) is 2. The Kier molecular flexibility index (Phi) is 6.06. The van der Waals surface area contributed by atoms with Crippen LogP contribution in [0, 0.1) is 5.41 Å². The highest BCUT2D eigenvalue weighted by Gasteiger charge is 2.38. The third kappa shape index (κ3) is 4.54. The highest BCUT2D eigenvalue weighted by molar-refractivity contribution is 5.94. The van der Waals surface area contributed by atoms with Crippen molar-refractivity contribution in [3.05, 3.63) is 35.4 Å². The molecule has 1 aromatic rings. The Labute approximate surface area is 167 Å². The number of hydrogen-bond donors (Lipinski definition) is 1. The lowest BCUT2D eigenvalue weighted by Crippen LogP contribution is -2.49. The van der Waals surface area contributed by atoms with Gasteiger partial charge in [-0.3, -0.25) is 14.4 Å². The monoisotopic (exact) mass is 385 g/mol. The van der Waals surface area contributed by atoms with Crippen LogP contribution >= 0.6 is 0 Å². The lowest BCUT2D eigenvalue weighted by molar-refractivity contribution is -0.144. The summed E-state index contributed by atoms with van der Waals surface area (Å²) in [7, 11) is 0. The van der Waals surface area contributed by atoms with Gasteiger partial charge in [0.15, 0.2) is 0 Å². The van der Waals surface area contributed by atoms with Crippen molar-refractivity contribution < 1.29 is 14.4 Å². The number of nitrogens with zero attached hydrogens (tertiary/aromatic N) is 2. The average molecular weight is 386 g/mol. The molecule has 0 spiro atoms. The molecule has 1 N–H and O–H groups in total. The SMILES string of the molecule is CC(C)(C)C(=O)N1CCCC1C(=O)NCc1cccc(C(=O)N2CCCC2)c1. The zero-order valence-electron chi connectivity index (χ0n) is 17.2. The van der Waals surface area contributed by atoms with Crippen LogP contribution in [0.2, 0.25) is 0 Å². The lowest BCUT2D eigenvalue weighted by Gasteiger charge is -2.30. The molecule has 1 aromatic carbocycles. The summed E-state index contributed by atoms with van der Waals surface area (Å²) in [6.07, 6.45) is 3.67. The summed E-state index contributed by atoms with van der Waals surface area (Å²) >= 11 is 0. The topological polar surface area (TPSA) is 69.7 Å². The fraction of sp³-hybridized carbons (Fsp3) is 0.591. The van der Waals surface area contributed by atoms with Crippen LogP contribution in [0.15, 0.2) is 24.3 Å². The van der Waals surface area contributed by atoms with E-state index in [1.165, 1.54) is 0 Å². The van der Waals surface area contributed by atoms with Gasteiger partial charge in [0.1, 0.15) is 6.04 Å². The summed E-state index contributed by atoms with van der Waals surface area (Å²) in [5.41, 5.74) is 1.07. The van der Waals surface area contributed by atoms with Crippen LogP contribution in [0.1, 0.15) is 62.4 Å². The van der Waals surface area contributed by atoms with E-state index >= 15 is 0 Å². The summed E-state index contributed by atoms with van der Waals surface area (Å²) < 4.78 is 0. The van der Waals surface area contributed by atoms with E-state index in [-0.39, 0.29) is 17.7 Å². The van der Waals surface area contributed by atoms with Gasteiger partial charge in [-0.05, 0) is 43.4 Å². The second kappa shape index (κ2) is 8.33. The molecule has 2 heterocycles. The van der Waals surface area contributed by atoms with Crippen molar-refractivity contribution in [3.63, 3.8) is 0 Å². The van der Waals surface area contributed by atoms with E-state index in [1.54, 1.807) is 4.90 Å². The fourth-order valence-corrected chi connectivity index (χ4v) is 3.94. The highest BCUT2D eigenvalue weighted by Crippen LogP contribution is 2.25. The number of carbonyl (C=O) groups excluding carboxylic acids is 3. The molecule has 2 saturated heterocycles. The lowest BCUT2D eigenvalue weighted by atomic mass is 9.94. The molecule has 28 heavy (non-hydrogen) atoms. The van der Waals surface area contributed by atoms with Crippen LogP contribution < -0.4 is 5.32 Å². The molecule has 1 unspecified atom stereocenters. The zero-order chi connectivity index (χ0) is 20.3. The van der Waals surface area contributed by atoms with Crippen LogP contribution in [0.25, 0.3) is 0 Å². The predicted molar refractivity (Wildman–Crippen MR) is 108 cm³/mol. The first kappa shape index (κ1) is 20.4. The molecule has 0 saturated carbocycles. The van der Waals surface area contributed by atoms with Gasteiger partial charge in [-0.15, -0.1) is 0 Å². The van der Waals surface area contributed by atoms with Gasteiger partial charge in [0, 0.05) is 37.2 Å². The maximum Gasteiger partial charge on any atom is 0.253 e. The average Bonchev–Trinajstić information content (AvgIpc) is 3.36. The minimum Gasteiger partial charge on any atom is -0.350 e. The Morgan fingerprint density at radius 3 is 2.46 bits per heavy atom. The van der Waals surface area contributed by atoms with Crippen LogP contribution in [0.5, 0.6) is 0 Å².